The van der Waals surface area contributed by atoms with Crippen LogP contribution in [0.5, 0.6) is 5.88 Å². The highest BCUT2D eigenvalue weighted by molar-refractivity contribution is 5.76. The van der Waals surface area contributed by atoms with E-state index in [1.165, 1.54) is 27.6 Å². The number of rotatable bonds is 4. The fourth-order valence-electron chi connectivity index (χ4n) is 4.00. The second-order valence-corrected chi connectivity index (χ2v) is 8.00. The average Bonchev–Trinajstić information content (AvgIpc) is 3.14. The molecule has 0 saturated heterocycles. The Labute approximate surface area is 177 Å². The van der Waals surface area contributed by atoms with Gasteiger partial charge >= 0.3 is 5.69 Å². The predicted molar refractivity (Wildman–Crippen MR) is 118 cm³/mol. The van der Waals surface area contributed by atoms with E-state index in [9.17, 15) is 19.5 Å². The maximum Gasteiger partial charge on any atom is 0.332 e. The summed E-state index contributed by atoms with van der Waals surface area (Å²) in [4.78, 5) is 43.2. The Morgan fingerprint density at radius 1 is 1.03 bits per heavy atom. The zero-order chi connectivity index (χ0) is 22.6. The van der Waals surface area contributed by atoms with Crippen molar-refractivity contribution >= 4 is 16.9 Å². The smallest absolute Gasteiger partial charge is 0.332 e. The number of fused-ring (bicyclic) bond motifs is 3. The molecule has 0 saturated carbocycles. The molecule has 4 aromatic rings. The van der Waals surface area contributed by atoms with Crippen LogP contribution in [0.15, 0.2) is 32.6 Å². The Morgan fingerprint density at radius 3 is 2.42 bits per heavy atom. The van der Waals surface area contributed by atoms with Gasteiger partial charge in [-0.15, -0.1) is 0 Å². The molecule has 0 radical (unpaired) electrons. The summed E-state index contributed by atoms with van der Waals surface area (Å²) in [6.45, 7) is 6.08. The van der Waals surface area contributed by atoms with Crippen molar-refractivity contribution in [3.05, 3.63) is 71.6 Å². The molecule has 9 nitrogen and oxygen atoms in total. The molecule has 1 aromatic carbocycles. The van der Waals surface area contributed by atoms with Gasteiger partial charge in [0, 0.05) is 14.1 Å². The van der Waals surface area contributed by atoms with Gasteiger partial charge in [-0.25, -0.2) is 9.20 Å². The van der Waals surface area contributed by atoms with E-state index >= 15 is 0 Å². The Kier molecular flexibility index (Phi) is 4.83. The van der Waals surface area contributed by atoms with Crippen LogP contribution in [-0.2, 0) is 27.1 Å². The van der Waals surface area contributed by atoms with Crippen LogP contribution in [0.2, 0.25) is 0 Å². The van der Waals surface area contributed by atoms with Crippen molar-refractivity contribution in [2.24, 2.45) is 14.1 Å². The Balaban J connectivity index is 2.20. The maximum absolute atomic E-state index is 13.4. The molecule has 0 atom stereocenters. The van der Waals surface area contributed by atoms with Gasteiger partial charge < -0.3 is 5.11 Å². The summed E-state index contributed by atoms with van der Waals surface area (Å²) < 4.78 is 4.98. The van der Waals surface area contributed by atoms with Gasteiger partial charge in [0.25, 0.3) is 11.1 Å². The fraction of sp³-hybridized carbons (Fsp3) is 0.364. The molecular weight excluding hydrogens is 398 g/mol. The molecule has 0 unspecified atom stereocenters. The largest absolute Gasteiger partial charge is 0.494 e. The van der Waals surface area contributed by atoms with Gasteiger partial charge in [0.1, 0.15) is 0 Å². The van der Waals surface area contributed by atoms with Gasteiger partial charge in [-0.05, 0) is 31.4 Å². The van der Waals surface area contributed by atoms with Crippen LogP contribution in [0.3, 0.4) is 0 Å². The lowest BCUT2D eigenvalue weighted by Gasteiger charge is -2.14. The summed E-state index contributed by atoms with van der Waals surface area (Å²) in [6.07, 6.45) is 0.986. The Bertz CT molecular complexity index is 1530. The van der Waals surface area contributed by atoms with Crippen molar-refractivity contribution in [2.75, 3.05) is 0 Å². The first kappa shape index (κ1) is 20.6. The lowest BCUT2D eigenvalue weighted by Crippen LogP contribution is -2.37. The topological polar surface area (TPSA) is 104 Å². The van der Waals surface area contributed by atoms with Crippen LogP contribution in [-0.4, -0.2) is 28.2 Å². The van der Waals surface area contributed by atoms with E-state index in [0.29, 0.717) is 12.8 Å². The average molecular weight is 423 g/mol. The first-order valence-electron chi connectivity index (χ1n) is 10.2. The Morgan fingerprint density at radius 2 is 1.74 bits per heavy atom. The standard InChI is InChI=1S/C22H25N5O4/c1-6-7-15-18(28)26(11-14-10-12(2)8-9-13(14)3)21-23-17-16(27(21)19(15)29)20(30)25(5)22(31)24(17)4/h8-10,29H,6-7,11H2,1-5H3. The number of aromatic nitrogens is 5. The molecule has 0 bridgehead atoms. The molecule has 0 fully saturated rings. The van der Waals surface area contributed by atoms with Crippen LogP contribution < -0.4 is 16.8 Å². The van der Waals surface area contributed by atoms with Crippen LogP contribution in [0.4, 0.5) is 0 Å². The summed E-state index contributed by atoms with van der Waals surface area (Å²) in [5, 5.41) is 11.0. The summed E-state index contributed by atoms with van der Waals surface area (Å²) in [5.41, 5.74) is 1.93. The minimum atomic E-state index is -0.583. The Hall–Kier alpha value is -3.62. The molecule has 0 spiro atoms. The second-order valence-electron chi connectivity index (χ2n) is 8.00. The minimum Gasteiger partial charge on any atom is -0.494 e. The summed E-state index contributed by atoms with van der Waals surface area (Å²) in [7, 11) is 2.88. The van der Waals surface area contributed by atoms with Crippen LogP contribution in [0, 0.1) is 13.8 Å². The SMILES string of the molecule is CCCc1c(O)n2c3c(=O)n(C)c(=O)n(C)c3nc2n(Cc2cc(C)ccc2C)c1=O. The molecule has 0 aliphatic rings. The highest BCUT2D eigenvalue weighted by atomic mass is 16.3. The summed E-state index contributed by atoms with van der Waals surface area (Å²) in [6, 6.07) is 5.99. The third kappa shape index (κ3) is 2.99. The summed E-state index contributed by atoms with van der Waals surface area (Å²) in [5.74, 6) is -0.186. The molecule has 0 aliphatic carbocycles. The lowest BCUT2D eigenvalue weighted by atomic mass is 10.1. The van der Waals surface area contributed by atoms with E-state index in [4.69, 9.17) is 0 Å². The number of nitrogens with zero attached hydrogens (tertiary/aromatic N) is 5. The minimum absolute atomic E-state index is 0.0594. The third-order valence-electron chi connectivity index (χ3n) is 5.80. The molecular formula is C22H25N5O4. The molecule has 9 heteroatoms. The third-order valence-corrected chi connectivity index (χ3v) is 5.80. The number of hydrogen-bond acceptors (Lipinski definition) is 5. The first-order valence-corrected chi connectivity index (χ1v) is 10.2. The monoisotopic (exact) mass is 423 g/mol. The maximum atomic E-state index is 13.4. The zero-order valence-electron chi connectivity index (χ0n) is 18.3. The van der Waals surface area contributed by atoms with E-state index in [2.05, 4.69) is 4.98 Å². The lowest BCUT2D eigenvalue weighted by molar-refractivity contribution is 0.433. The van der Waals surface area contributed by atoms with Gasteiger partial charge in [-0.3, -0.25) is 23.3 Å². The first-order chi connectivity index (χ1) is 14.7. The van der Waals surface area contributed by atoms with Gasteiger partial charge in [-0.1, -0.05) is 37.1 Å². The van der Waals surface area contributed by atoms with Crippen molar-refractivity contribution in [3.8, 4) is 5.88 Å². The number of hydrogen-bond donors (Lipinski definition) is 1. The fourth-order valence-corrected chi connectivity index (χ4v) is 4.00. The molecule has 31 heavy (non-hydrogen) atoms. The van der Waals surface area contributed by atoms with Crippen molar-refractivity contribution in [2.45, 2.75) is 40.2 Å². The number of aryl methyl sites for hydroxylation is 3. The predicted octanol–water partition coefficient (Wildman–Crippen LogP) is 1.37. The van der Waals surface area contributed by atoms with Crippen LogP contribution in [0.1, 0.15) is 35.6 Å². The van der Waals surface area contributed by atoms with Crippen molar-refractivity contribution in [3.63, 3.8) is 0 Å². The van der Waals surface area contributed by atoms with E-state index in [0.717, 1.165) is 21.3 Å². The molecule has 3 heterocycles. The number of imidazole rings is 1. The zero-order valence-corrected chi connectivity index (χ0v) is 18.3. The van der Waals surface area contributed by atoms with Gasteiger partial charge in [0.05, 0.1) is 12.1 Å². The molecule has 0 aliphatic heterocycles. The second kappa shape index (κ2) is 7.26. The van der Waals surface area contributed by atoms with E-state index in [-0.39, 0.29) is 40.5 Å². The van der Waals surface area contributed by atoms with Gasteiger partial charge in [-0.2, -0.15) is 4.98 Å². The van der Waals surface area contributed by atoms with Gasteiger partial charge in [0.2, 0.25) is 11.7 Å². The quantitative estimate of drug-likeness (QED) is 0.534. The van der Waals surface area contributed by atoms with E-state index < -0.39 is 11.2 Å². The molecule has 162 valence electrons. The molecule has 1 N–H and O–H groups in total. The highest BCUT2D eigenvalue weighted by Crippen LogP contribution is 2.23. The number of aromatic hydroxyl groups is 1. The molecule has 0 amide bonds. The van der Waals surface area contributed by atoms with E-state index in [1.807, 2.05) is 39.0 Å². The molecule has 4 rings (SSSR count). The van der Waals surface area contributed by atoms with E-state index in [1.54, 1.807) is 0 Å². The normalized spacial score (nSPS) is 11.6. The van der Waals surface area contributed by atoms with Gasteiger partial charge in [0.15, 0.2) is 11.2 Å². The van der Waals surface area contributed by atoms with Crippen molar-refractivity contribution < 1.29 is 5.11 Å². The van der Waals surface area contributed by atoms with Crippen molar-refractivity contribution in [1.29, 1.82) is 0 Å². The van der Waals surface area contributed by atoms with Crippen LogP contribution in [0.25, 0.3) is 16.9 Å². The summed E-state index contributed by atoms with van der Waals surface area (Å²) >= 11 is 0. The number of benzene rings is 1. The van der Waals surface area contributed by atoms with Crippen molar-refractivity contribution in [1.82, 2.24) is 23.1 Å². The molecule has 3 aromatic heterocycles. The van der Waals surface area contributed by atoms with Crippen LogP contribution >= 0.6 is 0 Å². The highest BCUT2D eigenvalue weighted by Gasteiger charge is 2.24.